The Morgan fingerprint density at radius 2 is 2.36 bits per heavy atom. The molecule has 3 aliphatic rings. The van der Waals surface area contributed by atoms with Crippen LogP contribution in [0.5, 0.6) is 0 Å². The fraction of sp³-hybridized carbons (Fsp3) is 0.727. The third kappa shape index (κ3) is 0.716. The SMILES string of the molecule is CO[C@@H]1OC(=O)[C@]2(C)[C@H]1[C@@H]1C=C[C@H]2C1. The molecule has 0 spiro atoms. The van der Waals surface area contributed by atoms with Crippen LogP contribution in [-0.2, 0) is 14.3 Å². The van der Waals surface area contributed by atoms with E-state index in [9.17, 15) is 4.79 Å². The van der Waals surface area contributed by atoms with Crippen molar-refractivity contribution in [2.45, 2.75) is 19.6 Å². The maximum absolute atomic E-state index is 11.8. The molecule has 76 valence electrons. The third-order valence-corrected chi connectivity index (χ3v) is 4.23. The summed E-state index contributed by atoms with van der Waals surface area (Å²) in [5, 5.41) is 0. The minimum absolute atomic E-state index is 0.0776. The quantitative estimate of drug-likeness (QED) is 0.467. The largest absolute Gasteiger partial charge is 0.435 e. The lowest BCUT2D eigenvalue weighted by Gasteiger charge is -2.28. The molecule has 0 unspecified atom stereocenters. The zero-order valence-electron chi connectivity index (χ0n) is 8.40. The smallest absolute Gasteiger partial charge is 0.315 e. The Morgan fingerprint density at radius 1 is 1.57 bits per heavy atom. The maximum atomic E-state index is 11.8. The molecule has 3 heteroatoms. The first-order chi connectivity index (χ1) is 6.67. The first-order valence-electron chi connectivity index (χ1n) is 5.10. The lowest BCUT2D eigenvalue weighted by Crippen LogP contribution is -2.35. The molecular formula is C11H14O3. The predicted octanol–water partition coefficient (Wildman–Crippen LogP) is 1.34. The molecule has 2 bridgehead atoms. The summed E-state index contributed by atoms with van der Waals surface area (Å²) in [6.45, 7) is 2.02. The Balaban J connectivity index is 2.06. The van der Waals surface area contributed by atoms with E-state index in [2.05, 4.69) is 12.2 Å². The van der Waals surface area contributed by atoms with E-state index >= 15 is 0 Å². The highest BCUT2D eigenvalue weighted by Crippen LogP contribution is 2.61. The zero-order chi connectivity index (χ0) is 9.92. The molecule has 0 N–H and O–H groups in total. The molecule has 14 heavy (non-hydrogen) atoms. The van der Waals surface area contributed by atoms with Gasteiger partial charge in [0.15, 0.2) is 0 Å². The molecule has 0 aromatic rings. The summed E-state index contributed by atoms with van der Waals surface area (Å²) in [7, 11) is 1.61. The van der Waals surface area contributed by atoms with Gasteiger partial charge >= 0.3 is 5.97 Å². The van der Waals surface area contributed by atoms with Crippen molar-refractivity contribution >= 4 is 5.97 Å². The number of rotatable bonds is 1. The lowest BCUT2D eigenvalue weighted by atomic mass is 9.71. The molecule has 2 fully saturated rings. The standard InChI is InChI=1S/C11H14O3/c1-11-7-4-3-6(5-7)8(11)9(13-2)14-10(11)12/h3-4,6-9H,5H2,1-2H3/t6-,7+,8+,9-,11+/m1/s1. The van der Waals surface area contributed by atoms with E-state index in [1.54, 1.807) is 7.11 Å². The predicted molar refractivity (Wildman–Crippen MR) is 49.2 cm³/mol. The summed E-state index contributed by atoms with van der Waals surface area (Å²) >= 11 is 0. The Bertz CT molecular complexity index is 322. The van der Waals surface area contributed by atoms with Gasteiger partial charge in [-0.2, -0.15) is 0 Å². The topological polar surface area (TPSA) is 35.5 Å². The number of fused-ring (bicyclic) bond motifs is 5. The Hall–Kier alpha value is -0.830. The van der Waals surface area contributed by atoms with Gasteiger partial charge in [0, 0.05) is 13.0 Å². The molecule has 3 rings (SSSR count). The van der Waals surface area contributed by atoms with Crippen LogP contribution < -0.4 is 0 Å². The number of ether oxygens (including phenoxy) is 2. The van der Waals surface area contributed by atoms with Crippen LogP contribution in [0, 0.1) is 23.2 Å². The summed E-state index contributed by atoms with van der Waals surface area (Å²) in [4.78, 5) is 11.8. The van der Waals surface area contributed by atoms with Crippen LogP contribution in [0.4, 0.5) is 0 Å². The number of hydrogen-bond acceptors (Lipinski definition) is 3. The average molecular weight is 194 g/mol. The van der Waals surface area contributed by atoms with Crippen LogP contribution in [0.25, 0.3) is 0 Å². The van der Waals surface area contributed by atoms with E-state index in [1.165, 1.54) is 0 Å². The van der Waals surface area contributed by atoms with E-state index < -0.39 is 0 Å². The summed E-state index contributed by atoms with van der Waals surface area (Å²) < 4.78 is 10.5. The first kappa shape index (κ1) is 8.48. The van der Waals surface area contributed by atoms with Crippen LogP contribution in [0.1, 0.15) is 13.3 Å². The molecule has 1 aliphatic heterocycles. The summed E-state index contributed by atoms with van der Waals surface area (Å²) in [5.41, 5.74) is -0.319. The van der Waals surface area contributed by atoms with Crippen LogP contribution in [-0.4, -0.2) is 19.4 Å². The van der Waals surface area contributed by atoms with Gasteiger partial charge in [-0.15, -0.1) is 0 Å². The highest BCUT2D eigenvalue weighted by atomic mass is 16.7. The van der Waals surface area contributed by atoms with Gasteiger partial charge in [-0.1, -0.05) is 12.2 Å². The number of cyclic esters (lactones) is 1. The number of esters is 1. The molecular weight excluding hydrogens is 180 g/mol. The maximum Gasteiger partial charge on any atom is 0.315 e. The molecule has 1 saturated carbocycles. The molecule has 0 radical (unpaired) electrons. The van der Waals surface area contributed by atoms with E-state index in [4.69, 9.17) is 9.47 Å². The number of hydrogen-bond donors (Lipinski definition) is 0. The van der Waals surface area contributed by atoms with Crippen LogP contribution in [0.2, 0.25) is 0 Å². The van der Waals surface area contributed by atoms with Crippen molar-refractivity contribution in [3.63, 3.8) is 0 Å². The van der Waals surface area contributed by atoms with Crippen molar-refractivity contribution in [1.29, 1.82) is 0 Å². The molecule has 1 heterocycles. The average Bonchev–Trinajstić information content (AvgIpc) is 2.78. The normalized spacial score (nSPS) is 53.7. The minimum atomic E-state index is -0.326. The summed E-state index contributed by atoms with van der Waals surface area (Å²) in [6, 6.07) is 0. The first-order valence-corrected chi connectivity index (χ1v) is 5.10. The molecule has 0 amide bonds. The fourth-order valence-corrected chi connectivity index (χ4v) is 3.40. The highest BCUT2D eigenvalue weighted by Gasteiger charge is 2.66. The van der Waals surface area contributed by atoms with Gasteiger partial charge in [-0.3, -0.25) is 4.79 Å². The second-order valence-electron chi connectivity index (χ2n) is 4.71. The van der Waals surface area contributed by atoms with Gasteiger partial charge in [0.05, 0.1) is 5.41 Å². The molecule has 3 nitrogen and oxygen atoms in total. The fourth-order valence-electron chi connectivity index (χ4n) is 3.40. The van der Waals surface area contributed by atoms with Gasteiger partial charge in [0.25, 0.3) is 0 Å². The van der Waals surface area contributed by atoms with Crippen molar-refractivity contribution in [3.05, 3.63) is 12.2 Å². The Morgan fingerprint density at radius 3 is 3.07 bits per heavy atom. The number of allylic oxidation sites excluding steroid dienone is 2. The number of carbonyl (C=O) groups is 1. The highest BCUT2D eigenvalue weighted by molar-refractivity contribution is 5.81. The van der Waals surface area contributed by atoms with Gasteiger partial charge in [-0.25, -0.2) is 0 Å². The van der Waals surface area contributed by atoms with E-state index in [0.29, 0.717) is 11.8 Å². The van der Waals surface area contributed by atoms with Crippen LogP contribution in [0.15, 0.2) is 12.2 Å². The van der Waals surface area contributed by atoms with E-state index in [0.717, 1.165) is 6.42 Å². The summed E-state index contributed by atoms with van der Waals surface area (Å²) in [6.07, 6.45) is 5.15. The number of methoxy groups -OCH3 is 1. The van der Waals surface area contributed by atoms with Gasteiger partial charge in [0.2, 0.25) is 6.29 Å². The molecule has 2 aliphatic carbocycles. The van der Waals surface area contributed by atoms with Crippen molar-refractivity contribution in [3.8, 4) is 0 Å². The Labute approximate surface area is 83.1 Å². The van der Waals surface area contributed by atoms with Crippen molar-refractivity contribution < 1.29 is 14.3 Å². The second-order valence-corrected chi connectivity index (χ2v) is 4.71. The van der Waals surface area contributed by atoms with Gasteiger partial charge < -0.3 is 9.47 Å². The van der Waals surface area contributed by atoms with Crippen LogP contribution in [0.3, 0.4) is 0 Å². The van der Waals surface area contributed by atoms with Crippen molar-refractivity contribution in [1.82, 2.24) is 0 Å². The van der Waals surface area contributed by atoms with Gasteiger partial charge in [-0.05, 0) is 25.2 Å². The molecule has 1 saturated heterocycles. The van der Waals surface area contributed by atoms with E-state index in [1.807, 2.05) is 6.92 Å². The monoisotopic (exact) mass is 194 g/mol. The molecule has 5 atom stereocenters. The van der Waals surface area contributed by atoms with Crippen LogP contribution >= 0.6 is 0 Å². The van der Waals surface area contributed by atoms with Gasteiger partial charge in [0.1, 0.15) is 0 Å². The zero-order valence-corrected chi connectivity index (χ0v) is 8.40. The molecule has 0 aromatic heterocycles. The minimum Gasteiger partial charge on any atom is -0.435 e. The Kier molecular flexibility index (Phi) is 1.45. The summed E-state index contributed by atoms with van der Waals surface area (Å²) in [5.74, 6) is 0.993. The second kappa shape index (κ2) is 2.40. The lowest BCUT2D eigenvalue weighted by molar-refractivity contribution is -0.165. The third-order valence-electron chi connectivity index (χ3n) is 4.23. The van der Waals surface area contributed by atoms with Crippen molar-refractivity contribution in [2.75, 3.05) is 7.11 Å². The molecule has 0 aromatic carbocycles. The number of carbonyl (C=O) groups excluding carboxylic acids is 1. The van der Waals surface area contributed by atoms with E-state index in [-0.39, 0.29) is 23.6 Å². The van der Waals surface area contributed by atoms with Crippen molar-refractivity contribution in [2.24, 2.45) is 23.2 Å².